The highest BCUT2D eigenvalue weighted by atomic mass is 19.1. The van der Waals surface area contributed by atoms with Gasteiger partial charge in [0.25, 0.3) is 5.69 Å². The number of hydrogen-bond acceptors (Lipinski definition) is 3. The topological polar surface area (TPSA) is 55.2 Å². The fraction of sp³-hybridized carbons (Fsp3) is 0.429. The van der Waals surface area contributed by atoms with Crippen LogP contribution in [0.1, 0.15) is 32.1 Å². The first-order valence-electron chi connectivity index (χ1n) is 6.52. The lowest BCUT2D eigenvalue weighted by Gasteiger charge is -2.13. The average molecular weight is 264 g/mol. The van der Waals surface area contributed by atoms with E-state index in [-0.39, 0.29) is 5.69 Å². The van der Waals surface area contributed by atoms with Crippen LogP contribution in [0.5, 0.6) is 0 Å². The highest BCUT2D eigenvalue weighted by Crippen LogP contribution is 2.22. The minimum atomic E-state index is -0.589. The molecule has 19 heavy (non-hydrogen) atoms. The first-order chi connectivity index (χ1) is 9.15. The fourth-order valence-electron chi connectivity index (χ4n) is 2.28. The van der Waals surface area contributed by atoms with E-state index in [0.717, 1.165) is 25.3 Å². The maximum absolute atomic E-state index is 13.2. The van der Waals surface area contributed by atoms with Crippen LogP contribution in [0.4, 0.5) is 15.8 Å². The zero-order valence-corrected chi connectivity index (χ0v) is 10.7. The average Bonchev–Trinajstić information content (AvgIpc) is 2.39. The van der Waals surface area contributed by atoms with Gasteiger partial charge in [-0.1, -0.05) is 11.6 Å². The van der Waals surface area contributed by atoms with Gasteiger partial charge >= 0.3 is 0 Å². The van der Waals surface area contributed by atoms with E-state index in [0.29, 0.717) is 12.2 Å². The minimum absolute atomic E-state index is 0.223. The number of hydrogen-bond donors (Lipinski definition) is 1. The molecule has 0 spiro atoms. The third-order valence-electron chi connectivity index (χ3n) is 3.25. The van der Waals surface area contributed by atoms with Crippen LogP contribution >= 0.6 is 0 Å². The van der Waals surface area contributed by atoms with E-state index in [2.05, 4.69) is 11.4 Å². The van der Waals surface area contributed by atoms with E-state index in [9.17, 15) is 14.5 Å². The van der Waals surface area contributed by atoms with Crippen LogP contribution in [0.3, 0.4) is 0 Å². The number of halogens is 1. The van der Waals surface area contributed by atoms with Gasteiger partial charge in [-0.2, -0.15) is 0 Å². The number of allylic oxidation sites excluding steroid dienone is 1. The summed E-state index contributed by atoms with van der Waals surface area (Å²) in [5.41, 5.74) is 1.66. The van der Waals surface area contributed by atoms with Crippen LogP contribution in [-0.2, 0) is 0 Å². The Bertz CT molecular complexity index is 500. The van der Waals surface area contributed by atoms with Gasteiger partial charge in [-0.15, -0.1) is 0 Å². The van der Waals surface area contributed by atoms with E-state index < -0.39 is 10.7 Å². The van der Waals surface area contributed by atoms with Gasteiger partial charge in [0.2, 0.25) is 0 Å². The number of nitrogens with one attached hydrogen (secondary N) is 1. The first-order valence-corrected chi connectivity index (χ1v) is 6.52. The molecule has 0 unspecified atom stereocenters. The lowest BCUT2D eigenvalue weighted by atomic mass is 9.97. The molecule has 1 aliphatic rings. The summed E-state index contributed by atoms with van der Waals surface area (Å²) in [5, 5.41) is 13.7. The summed E-state index contributed by atoms with van der Waals surface area (Å²) >= 11 is 0. The van der Waals surface area contributed by atoms with Crippen LogP contribution in [0, 0.1) is 15.9 Å². The van der Waals surface area contributed by atoms with Crippen molar-refractivity contribution in [2.24, 2.45) is 0 Å². The Kier molecular flexibility index (Phi) is 4.49. The summed E-state index contributed by atoms with van der Waals surface area (Å²) in [7, 11) is 0. The minimum Gasteiger partial charge on any atom is -0.384 e. The third kappa shape index (κ3) is 4.05. The molecular formula is C14H17FN2O2. The van der Waals surface area contributed by atoms with Gasteiger partial charge < -0.3 is 5.32 Å². The molecule has 1 aromatic carbocycles. The standard InChI is InChI=1S/C14H17FN2O2/c15-12-8-13(10-14(9-12)17(18)19)16-7-6-11-4-2-1-3-5-11/h4,8-10,16H,1-3,5-7H2. The number of nitrogens with zero attached hydrogens (tertiary/aromatic N) is 1. The molecule has 1 N–H and O–H groups in total. The molecule has 0 aromatic heterocycles. The Balaban J connectivity index is 1.92. The van der Waals surface area contributed by atoms with E-state index in [1.54, 1.807) is 0 Å². The molecule has 0 aliphatic heterocycles. The number of benzene rings is 1. The molecule has 0 atom stereocenters. The normalized spacial score (nSPS) is 14.9. The molecule has 4 nitrogen and oxygen atoms in total. The SMILES string of the molecule is O=[N+]([O-])c1cc(F)cc(NCCC2=CCCCC2)c1. The van der Waals surface area contributed by atoms with Crippen molar-refractivity contribution in [3.05, 3.63) is 45.8 Å². The molecule has 0 radical (unpaired) electrons. The van der Waals surface area contributed by atoms with E-state index in [1.807, 2.05) is 0 Å². The lowest BCUT2D eigenvalue weighted by Crippen LogP contribution is -2.05. The summed E-state index contributed by atoms with van der Waals surface area (Å²) in [6.45, 7) is 0.673. The summed E-state index contributed by atoms with van der Waals surface area (Å²) in [4.78, 5) is 10.0. The van der Waals surface area contributed by atoms with E-state index in [4.69, 9.17) is 0 Å². The van der Waals surface area contributed by atoms with Gasteiger partial charge in [0.15, 0.2) is 0 Å². The molecule has 102 valence electrons. The Labute approximate surface area is 111 Å². The Hall–Kier alpha value is -1.91. The van der Waals surface area contributed by atoms with E-state index in [1.165, 1.54) is 30.5 Å². The maximum Gasteiger partial charge on any atom is 0.274 e. The molecular weight excluding hydrogens is 247 g/mol. The van der Waals surface area contributed by atoms with Crippen LogP contribution in [0.2, 0.25) is 0 Å². The zero-order valence-electron chi connectivity index (χ0n) is 10.7. The first kappa shape index (κ1) is 13.5. The van der Waals surface area contributed by atoms with Gasteiger partial charge in [-0.25, -0.2) is 4.39 Å². The number of non-ortho nitro benzene ring substituents is 1. The quantitative estimate of drug-likeness (QED) is 0.496. The predicted octanol–water partition coefficient (Wildman–Crippen LogP) is 4.04. The van der Waals surface area contributed by atoms with Crippen molar-refractivity contribution in [3.63, 3.8) is 0 Å². The van der Waals surface area contributed by atoms with Crippen LogP contribution in [0.15, 0.2) is 29.8 Å². The summed E-state index contributed by atoms with van der Waals surface area (Å²) in [6.07, 6.45) is 7.93. The Morgan fingerprint density at radius 3 is 2.84 bits per heavy atom. The number of nitro benzene ring substituents is 1. The van der Waals surface area contributed by atoms with Crippen LogP contribution < -0.4 is 5.32 Å². The molecule has 0 saturated carbocycles. The Morgan fingerprint density at radius 2 is 2.16 bits per heavy atom. The van der Waals surface area contributed by atoms with Gasteiger partial charge in [-0.05, 0) is 38.2 Å². The molecule has 0 bridgehead atoms. The van der Waals surface area contributed by atoms with Crippen LogP contribution in [0.25, 0.3) is 0 Å². The number of nitro groups is 1. The second kappa shape index (κ2) is 6.31. The van der Waals surface area contributed by atoms with Crippen molar-refractivity contribution in [1.82, 2.24) is 0 Å². The van der Waals surface area contributed by atoms with Gasteiger partial charge in [0, 0.05) is 18.3 Å². The smallest absolute Gasteiger partial charge is 0.274 e. The monoisotopic (exact) mass is 264 g/mol. The summed E-state index contributed by atoms with van der Waals surface area (Å²) in [6, 6.07) is 3.56. The molecule has 0 heterocycles. The predicted molar refractivity (Wildman–Crippen MR) is 72.7 cm³/mol. The summed E-state index contributed by atoms with van der Waals surface area (Å²) in [5.74, 6) is -0.589. The van der Waals surface area contributed by atoms with Gasteiger partial charge in [0.1, 0.15) is 5.82 Å². The van der Waals surface area contributed by atoms with Crippen molar-refractivity contribution in [3.8, 4) is 0 Å². The molecule has 1 aromatic rings. The molecule has 0 saturated heterocycles. The lowest BCUT2D eigenvalue weighted by molar-refractivity contribution is -0.385. The highest BCUT2D eigenvalue weighted by molar-refractivity contribution is 5.51. The van der Waals surface area contributed by atoms with Gasteiger partial charge in [-0.3, -0.25) is 10.1 Å². The molecule has 0 amide bonds. The van der Waals surface area contributed by atoms with Crippen molar-refractivity contribution >= 4 is 11.4 Å². The fourth-order valence-corrected chi connectivity index (χ4v) is 2.28. The zero-order chi connectivity index (χ0) is 13.7. The summed E-state index contributed by atoms with van der Waals surface area (Å²) < 4.78 is 13.2. The van der Waals surface area contributed by atoms with Crippen LogP contribution in [-0.4, -0.2) is 11.5 Å². The number of rotatable bonds is 5. The van der Waals surface area contributed by atoms with E-state index >= 15 is 0 Å². The number of anilines is 1. The second-order valence-electron chi connectivity index (χ2n) is 4.74. The van der Waals surface area contributed by atoms with Gasteiger partial charge in [0.05, 0.1) is 11.0 Å². The van der Waals surface area contributed by atoms with Crippen molar-refractivity contribution in [1.29, 1.82) is 0 Å². The maximum atomic E-state index is 13.2. The molecule has 2 rings (SSSR count). The molecule has 1 aliphatic carbocycles. The Morgan fingerprint density at radius 1 is 1.32 bits per heavy atom. The molecule has 5 heteroatoms. The van der Waals surface area contributed by atoms with Crippen molar-refractivity contribution in [2.45, 2.75) is 32.1 Å². The van der Waals surface area contributed by atoms with Crippen molar-refractivity contribution in [2.75, 3.05) is 11.9 Å². The third-order valence-corrected chi connectivity index (χ3v) is 3.25. The second-order valence-corrected chi connectivity index (χ2v) is 4.74. The largest absolute Gasteiger partial charge is 0.384 e. The molecule has 0 fully saturated rings. The van der Waals surface area contributed by atoms with Crippen molar-refractivity contribution < 1.29 is 9.31 Å². The highest BCUT2D eigenvalue weighted by Gasteiger charge is 2.10.